The first-order valence-corrected chi connectivity index (χ1v) is 12.1. The minimum atomic E-state index is -3.45. The third-order valence-electron chi connectivity index (χ3n) is 6.23. The fraction of sp³-hybridized carbons (Fsp3) is 0.650. The Kier molecular flexibility index (Phi) is 6.00. The van der Waals surface area contributed by atoms with Gasteiger partial charge in [-0.3, -0.25) is 4.79 Å². The van der Waals surface area contributed by atoms with Crippen molar-refractivity contribution in [3.8, 4) is 5.75 Å². The van der Waals surface area contributed by atoms with Gasteiger partial charge >= 0.3 is 0 Å². The van der Waals surface area contributed by atoms with Gasteiger partial charge in [0.15, 0.2) is 18.2 Å². The number of fused-ring (bicyclic) bond motifs is 5. The van der Waals surface area contributed by atoms with E-state index < -0.39 is 40.3 Å². The molecule has 1 amide bonds. The molecule has 0 spiro atoms. The molecule has 5 rings (SSSR count). The molecule has 1 aromatic rings. The predicted octanol–water partition coefficient (Wildman–Crippen LogP) is 1.92. The summed E-state index contributed by atoms with van der Waals surface area (Å²) in [6, 6.07) is 1.13. The van der Waals surface area contributed by atoms with Crippen LogP contribution in [0.1, 0.15) is 43.6 Å². The molecule has 0 radical (unpaired) electrons. The summed E-state index contributed by atoms with van der Waals surface area (Å²) in [7, 11) is -3.45. The molecular formula is C20H26F2N2O5S. The van der Waals surface area contributed by atoms with Crippen LogP contribution in [0.25, 0.3) is 0 Å². The molecule has 1 N–H and O–H groups in total. The molecule has 1 aromatic carbocycles. The SMILES string of the molecule is CS(=O)(=O)N[C@H]1CCN2C(=O)COc3c(F)cc(F)cc3C3CCC(CC3)OCC12. The summed E-state index contributed by atoms with van der Waals surface area (Å²) < 4.78 is 66.1. The zero-order valence-electron chi connectivity index (χ0n) is 16.8. The molecule has 2 atom stereocenters. The number of hydrogen-bond donors (Lipinski definition) is 1. The van der Waals surface area contributed by atoms with E-state index in [1.165, 1.54) is 11.0 Å². The fourth-order valence-electron chi connectivity index (χ4n) is 4.81. The fourth-order valence-corrected chi connectivity index (χ4v) is 5.63. The molecule has 10 heteroatoms. The Labute approximate surface area is 174 Å². The average Bonchev–Trinajstić information content (AvgIpc) is 3.06. The molecule has 1 unspecified atom stereocenters. The van der Waals surface area contributed by atoms with E-state index in [0.29, 0.717) is 44.2 Å². The third-order valence-corrected chi connectivity index (χ3v) is 6.96. The highest BCUT2D eigenvalue weighted by molar-refractivity contribution is 7.88. The molecule has 3 heterocycles. The van der Waals surface area contributed by atoms with Gasteiger partial charge in [-0.1, -0.05) is 0 Å². The number of ether oxygens (including phenoxy) is 2. The van der Waals surface area contributed by atoms with Gasteiger partial charge in [-0.15, -0.1) is 0 Å². The van der Waals surface area contributed by atoms with Crippen molar-refractivity contribution >= 4 is 15.9 Å². The lowest BCUT2D eigenvalue weighted by molar-refractivity contribution is -0.136. The second-order valence-corrected chi connectivity index (χ2v) is 10.1. The summed E-state index contributed by atoms with van der Waals surface area (Å²) >= 11 is 0. The van der Waals surface area contributed by atoms with Gasteiger partial charge in [-0.05, 0) is 44.1 Å². The maximum Gasteiger partial charge on any atom is 0.260 e. The number of hydrogen-bond acceptors (Lipinski definition) is 5. The van der Waals surface area contributed by atoms with E-state index in [2.05, 4.69) is 4.72 Å². The first kappa shape index (κ1) is 21.5. The van der Waals surface area contributed by atoms with Crippen molar-refractivity contribution in [1.82, 2.24) is 9.62 Å². The molecule has 7 nitrogen and oxygen atoms in total. The Morgan fingerprint density at radius 2 is 1.87 bits per heavy atom. The van der Waals surface area contributed by atoms with Crippen molar-refractivity contribution in [2.75, 3.05) is 26.0 Å². The Balaban J connectivity index is 1.63. The maximum absolute atomic E-state index is 14.5. The molecule has 0 aromatic heterocycles. The number of halogens is 2. The summed E-state index contributed by atoms with van der Waals surface area (Å²) in [6.07, 6.45) is 4.31. The van der Waals surface area contributed by atoms with Crippen LogP contribution in [-0.2, 0) is 19.6 Å². The molecule has 2 bridgehead atoms. The van der Waals surface area contributed by atoms with Crippen molar-refractivity contribution in [2.45, 2.75) is 56.2 Å². The molecule has 1 saturated heterocycles. The largest absolute Gasteiger partial charge is 0.480 e. The molecule has 1 aliphatic carbocycles. The quantitative estimate of drug-likeness (QED) is 0.754. The van der Waals surface area contributed by atoms with Crippen molar-refractivity contribution in [3.05, 3.63) is 29.3 Å². The number of carbonyl (C=O) groups is 1. The Morgan fingerprint density at radius 1 is 1.13 bits per heavy atom. The number of benzene rings is 1. The average molecular weight is 445 g/mol. The van der Waals surface area contributed by atoms with Crippen LogP contribution in [0.4, 0.5) is 8.78 Å². The smallest absolute Gasteiger partial charge is 0.260 e. The zero-order valence-corrected chi connectivity index (χ0v) is 17.6. The van der Waals surface area contributed by atoms with Crippen LogP contribution in [0, 0.1) is 11.6 Å². The Hall–Kier alpha value is -1.78. The molecule has 1 saturated carbocycles. The van der Waals surface area contributed by atoms with Crippen LogP contribution in [-0.4, -0.2) is 63.4 Å². The van der Waals surface area contributed by atoms with Crippen LogP contribution >= 0.6 is 0 Å². The highest BCUT2D eigenvalue weighted by atomic mass is 32.2. The lowest BCUT2D eigenvalue weighted by atomic mass is 9.82. The van der Waals surface area contributed by atoms with E-state index in [-0.39, 0.29) is 30.3 Å². The van der Waals surface area contributed by atoms with Gasteiger partial charge in [-0.2, -0.15) is 0 Å². The van der Waals surface area contributed by atoms with E-state index >= 15 is 0 Å². The summed E-state index contributed by atoms with van der Waals surface area (Å²) in [5.41, 5.74) is 0.451. The molecule has 3 aliphatic heterocycles. The lowest BCUT2D eigenvalue weighted by Gasteiger charge is -2.32. The van der Waals surface area contributed by atoms with E-state index in [1.807, 2.05) is 0 Å². The summed E-state index contributed by atoms with van der Waals surface area (Å²) in [6.45, 7) is 0.146. The van der Waals surface area contributed by atoms with Crippen molar-refractivity contribution < 1.29 is 31.5 Å². The standard InChI is InChI=1S/C20H26F2N2O5S/c1-30(26,27)23-17-6-7-24-18(17)10-28-14-4-2-12(3-5-14)15-8-13(21)9-16(22)20(15)29-11-19(24)25/h8-9,12,14,17-18,23H,2-7,10-11H2,1H3/t12?,14?,17-,18?/m0/s1. The van der Waals surface area contributed by atoms with Gasteiger partial charge in [-0.25, -0.2) is 21.9 Å². The highest BCUT2D eigenvalue weighted by Gasteiger charge is 2.40. The first-order valence-electron chi connectivity index (χ1n) is 10.2. The van der Waals surface area contributed by atoms with E-state index in [1.54, 1.807) is 0 Å². The van der Waals surface area contributed by atoms with Gasteiger partial charge in [0.05, 0.1) is 25.0 Å². The van der Waals surface area contributed by atoms with E-state index in [9.17, 15) is 22.0 Å². The van der Waals surface area contributed by atoms with Gasteiger partial charge in [0.2, 0.25) is 10.0 Å². The van der Waals surface area contributed by atoms with Crippen molar-refractivity contribution in [1.29, 1.82) is 0 Å². The monoisotopic (exact) mass is 444 g/mol. The molecule has 166 valence electrons. The van der Waals surface area contributed by atoms with Gasteiger partial charge < -0.3 is 14.4 Å². The zero-order chi connectivity index (χ0) is 21.5. The second-order valence-electron chi connectivity index (χ2n) is 8.34. The number of nitrogens with one attached hydrogen (secondary N) is 1. The topological polar surface area (TPSA) is 84.9 Å². The number of rotatable bonds is 2. The summed E-state index contributed by atoms with van der Waals surface area (Å²) in [5.74, 6) is -2.02. The molecular weight excluding hydrogens is 418 g/mol. The minimum absolute atomic E-state index is 0.0405. The van der Waals surface area contributed by atoms with Crippen LogP contribution in [0.5, 0.6) is 5.75 Å². The summed E-state index contributed by atoms with van der Waals surface area (Å²) in [5, 5.41) is 0. The van der Waals surface area contributed by atoms with Gasteiger partial charge in [0.25, 0.3) is 5.91 Å². The number of nitrogens with zero attached hydrogens (tertiary/aromatic N) is 1. The number of carbonyl (C=O) groups excluding carboxylic acids is 1. The maximum atomic E-state index is 14.5. The Bertz CT molecular complexity index is 918. The van der Waals surface area contributed by atoms with Gasteiger partial charge in [0.1, 0.15) is 5.82 Å². The molecule has 2 fully saturated rings. The molecule has 4 aliphatic rings. The summed E-state index contributed by atoms with van der Waals surface area (Å²) in [4.78, 5) is 14.4. The number of amides is 1. The normalized spacial score (nSPS) is 30.0. The van der Waals surface area contributed by atoms with Crippen LogP contribution in [0.3, 0.4) is 0 Å². The van der Waals surface area contributed by atoms with Crippen LogP contribution in [0.15, 0.2) is 12.1 Å². The molecule has 30 heavy (non-hydrogen) atoms. The lowest BCUT2D eigenvalue weighted by Crippen LogP contribution is -2.50. The first-order chi connectivity index (χ1) is 14.2. The predicted molar refractivity (Wildman–Crippen MR) is 105 cm³/mol. The highest BCUT2D eigenvalue weighted by Crippen LogP contribution is 2.40. The van der Waals surface area contributed by atoms with Gasteiger partial charge in [0, 0.05) is 24.2 Å². The number of sulfonamides is 1. The van der Waals surface area contributed by atoms with Crippen LogP contribution in [0.2, 0.25) is 0 Å². The van der Waals surface area contributed by atoms with Crippen molar-refractivity contribution in [3.63, 3.8) is 0 Å². The second kappa shape index (κ2) is 8.39. The van der Waals surface area contributed by atoms with E-state index in [0.717, 1.165) is 12.3 Å². The minimum Gasteiger partial charge on any atom is -0.480 e. The van der Waals surface area contributed by atoms with Crippen molar-refractivity contribution in [2.24, 2.45) is 0 Å². The van der Waals surface area contributed by atoms with E-state index in [4.69, 9.17) is 9.47 Å². The third kappa shape index (κ3) is 4.60. The van der Waals surface area contributed by atoms with Crippen LogP contribution < -0.4 is 9.46 Å². The Morgan fingerprint density at radius 3 is 2.57 bits per heavy atom.